The van der Waals surface area contributed by atoms with Crippen molar-refractivity contribution >= 4 is 9.84 Å². The summed E-state index contributed by atoms with van der Waals surface area (Å²) < 4.78 is 23.4. The van der Waals surface area contributed by atoms with E-state index in [9.17, 15) is 8.42 Å². The van der Waals surface area contributed by atoms with Gasteiger partial charge in [-0.2, -0.15) is 0 Å². The van der Waals surface area contributed by atoms with Crippen LogP contribution in [0.15, 0.2) is 0 Å². The Labute approximate surface area is 87.0 Å². The van der Waals surface area contributed by atoms with Crippen LogP contribution in [0.3, 0.4) is 0 Å². The Morgan fingerprint density at radius 1 is 1.43 bits per heavy atom. The van der Waals surface area contributed by atoms with Gasteiger partial charge in [0.1, 0.15) is 0 Å². The molecular formula is C10H21NO2S. The topological polar surface area (TPSA) is 60.2 Å². The summed E-state index contributed by atoms with van der Waals surface area (Å²) in [5.74, 6) is 0.892. The number of hydrogen-bond acceptors (Lipinski definition) is 3. The van der Waals surface area contributed by atoms with Crippen molar-refractivity contribution in [2.45, 2.75) is 50.8 Å². The zero-order chi connectivity index (χ0) is 10.8. The molecule has 0 spiro atoms. The lowest BCUT2D eigenvalue weighted by molar-refractivity contribution is 0.449. The summed E-state index contributed by atoms with van der Waals surface area (Å²) >= 11 is 0. The zero-order valence-corrected chi connectivity index (χ0v) is 9.89. The molecule has 1 fully saturated rings. The van der Waals surface area contributed by atoms with Crippen molar-refractivity contribution in [1.82, 2.24) is 0 Å². The van der Waals surface area contributed by atoms with E-state index in [1.165, 1.54) is 0 Å². The molecule has 84 valence electrons. The first-order chi connectivity index (χ1) is 6.43. The Kier molecular flexibility index (Phi) is 3.95. The predicted molar refractivity (Wildman–Crippen MR) is 58.9 cm³/mol. The van der Waals surface area contributed by atoms with Gasteiger partial charge in [-0.3, -0.25) is 0 Å². The lowest BCUT2D eigenvalue weighted by Crippen LogP contribution is -2.45. The minimum absolute atomic E-state index is 0.132. The Balaban J connectivity index is 2.62. The van der Waals surface area contributed by atoms with Crippen LogP contribution in [0, 0.1) is 5.92 Å². The highest BCUT2D eigenvalue weighted by molar-refractivity contribution is 7.92. The number of rotatable bonds is 3. The molecule has 0 saturated carbocycles. The molecule has 0 aromatic carbocycles. The molecule has 1 heterocycles. The third-order valence-electron chi connectivity index (χ3n) is 2.93. The van der Waals surface area contributed by atoms with Gasteiger partial charge in [0.05, 0.1) is 11.0 Å². The third kappa shape index (κ3) is 2.95. The van der Waals surface area contributed by atoms with E-state index in [-0.39, 0.29) is 11.3 Å². The van der Waals surface area contributed by atoms with E-state index < -0.39 is 9.84 Å². The predicted octanol–water partition coefficient (Wildman–Crippen LogP) is 1.33. The van der Waals surface area contributed by atoms with Crippen molar-refractivity contribution in [3.05, 3.63) is 0 Å². The fourth-order valence-electron chi connectivity index (χ4n) is 2.02. The number of hydrogen-bond donors (Lipinski definition) is 1. The average molecular weight is 219 g/mol. The van der Waals surface area contributed by atoms with Crippen molar-refractivity contribution in [2.75, 3.05) is 5.75 Å². The van der Waals surface area contributed by atoms with E-state index in [2.05, 4.69) is 13.8 Å². The molecule has 0 radical (unpaired) electrons. The van der Waals surface area contributed by atoms with Crippen molar-refractivity contribution in [2.24, 2.45) is 11.7 Å². The molecule has 3 nitrogen and oxygen atoms in total. The maximum Gasteiger partial charge on any atom is 0.154 e. The van der Waals surface area contributed by atoms with Crippen LogP contribution in [0.1, 0.15) is 39.5 Å². The zero-order valence-electron chi connectivity index (χ0n) is 9.07. The number of sulfone groups is 1. The average Bonchev–Trinajstić information content (AvgIpc) is 2.01. The maximum atomic E-state index is 11.7. The highest BCUT2D eigenvalue weighted by Crippen LogP contribution is 2.24. The van der Waals surface area contributed by atoms with Crippen molar-refractivity contribution in [1.29, 1.82) is 0 Å². The first-order valence-corrected chi connectivity index (χ1v) is 7.12. The van der Waals surface area contributed by atoms with Crippen LogP contribution in [-0.2, 0) is 9.84 Å². The first-order valence-electron chi connectivity index (χ1n) is 5.40. The molecule has 1 saturated heterocycles. The van der Waals surface area contributed by atoms with E-state index in [0.717, 1.165) is 25.7 Å². The summed E-state index contributed by atoms with van der Waals surface area (Å²) in [6.45, 7) is 4.22. The number of nitrogens with two attached hydrogens (primary N) is 1. The van der Waals surface area contributed by atoms with E-state index in [0.29, 0.717) is 11.7 Å². The second-order valence-electron chi connectivity index (χ2n) is 4.68. The van der Waals surface area contributed by atoms with Gasteiger partial charge in [0.2, 0.25) is 0 Å². The molecule has 2 atom stereocenters. The van der Waals surface area contributed by atoms with Gasteiger partial charge in [0.25, 0.3) is 0 Å². The lowest BCUT2D eigenvalue weighted by Gasteiger charge is -2.28. The van der Waals surface area contributed by atoms with E-state index in [1.54, 1.807) is 0 Å². The molecule has 2 unspecified atom stereocenters. The summed E-state index contributed by atoms with van der Waals surface area (Å²) in [4.78, 5) is 0. The Morgan fingerprint density at radius 2 is 2.07 bits per heavy atom. The fourth-order valence-corrected chi connectivity index (χ4v) is 4.05. The third-order valence-corrected chi connectivity index (χ3v) is 5.30. The van der Waals surface area contributed by atoms with Crippen molar-refractivity contribution in [3.8, 4) is 0 Å². The van der Waals surface area contributed by atoms with Gasteiger partial charge in [-0.25, -0.2) is 8.42 Å². The molecule has 0 aliphatic carbocycles. The standard InChI is InChI=1S/C10H21NO2S/c1-8(2)5-6-10-9(11)4-3-7-14(10,12)13/h8-10H,3-7,11H2,1-2H3. The summed E-state index contributed by atoms with van der Waals surface area (Å²) in [5.41, 5.74) is 5.86. The van der Waals surface area contributed by atoms with Crippen LogP contribution in [0.25, 0.3) is 0 Å². The monoisotopic (exact) mass is 219 g/mol. The molecule has 14 heavy (non-hydrogen) atoms. The summed E-state index contributed by atoms with van der Waals surface area (Å²) in [5, 5.41) is -0.279. The van der Waals surface area contributed by atoms with Crippen LogP contribution >= 0.6 is 0 Å². The van der Waals surface area contributed by atoms with E-state index >= 15 is 0 Å². The SMILES string of the molecule is CC(C)CCC1C(N)CCCS1(=O)=O. The summed E-state index contributed by atoms with van der Waals surface area (Å²) in [7, 11) is -2.89. The molecule has 1 aliphatic rings. The van der Waals surface area contributed by atoms with Gasteiger partial charge in [-0.05, 0) is 31.6 Å². The van der Waals surface area contributed by atoms with E-state index in [1.807, 2.05) is 0 Å². The largest absolute Gasteiger partial charge is 0.327 e. The van der Waals surface area contributed by atoms with Crippen LogP contribution in [0.5, 0.6) is 0 Å². The maximum absolute atomic E-state index is 11.7. The molecule has 0 amide bonds. The molecule has 4 heteroatoms. The molecule has 0 aromatic rings. The lowest BCUT2D eigenvalue weighted by atomic mass is 10.0. The van der Waals surface area contributed by atoms with Crippen molar-refractivity contribution in [3.63, 3.8) is 0 Å². The minimum atomic E-state index is -2.89. The van der Waals surface area contributed by atoms with Crippen molar-refractivity contribution < 1.29 is 8.42 Å². The first kappa shape index (κ1) is 12.0. The van der Waals surface area contributed by atoms with Crippen LogP contribution in [-0.4, -0.2) is 25.5 Å². The molecule has 1 rings (SSSR count). The molecular weight excluding hydrogens is 198 g/mol. The molecule has 0 aromatic heterocycles. The van der Waals surface area contributed by atoms with Gasteiger partial charge in [0.15, 0.2) is 9.84 Å². The quantitative estimate of drug-likeness (QED) is 0.779. The Hall–Kier alpha value is -0.0900. The summed E-state index contributed by atoms with van der Waals surface area (Å²) in [6.07, 6.45) is 3.29. The van der Waals surface area contributed by atoms with Gasteiger partial charge in [0, 0.05) is 6.04 Å². The highest BCUT2D eigenvalue weighted by atomic mass is 32.2. The van der Waals surface area contributed by atoms with Gasteiger partial charge >= 0.3 is 0 Å². The Bertz CT molecular complexity index is 272. The van der Waals surface area contributed by atoms with Gasteiger partial charge in [-0.1, -0.05) is 13.8 Å². The van der Waals surface area contributed by atoms with E-state index in [4.69, 9.17) is 5.73 Å². The van der Waals surface area contributed by atoms with Crippen LogP contribution in [0.2, 0.25) is 0 Å². The minimum Gasteiger partial charge on any atom is -0.327 e. The normalized spacial score (nSPS) is 32.0. The highest BCUT2D eigenvalue weighted by Gasteiger charge is 2.34. The van der Waals surface area contributed by atoms with Crippen LogP contribution < -0.4 is 5.73 Å². The second-order valence-corrected chi connectivity index (χ2v) is 7.02. The van der Waals surface area contributed by atoms with Gasteiger partial charge < -0.3 is 5.73 Å². The molecule has 2 N–H and O–H groups in total. The van der Waals surface area contributed by atoms with Crippen LogP contribution in [0.4, 0.5) is 0 Å². The second kappa shape index (κ2) is 4.62. The van der Waals surface area contributed by atoms with Gasteiger partial charge in [-0.15, -0.1) is 0 Å². The molecule has 0 bridgehead atoms. The fraction of sp³-hybridized carbons (Fsp3) is 1.00. The molecule has 1 aliphatic heterocycles. The summed E-state index contributed by atoms with van der Waals surface area (Å²) in [6, 6.07) is -0.132. The smallest absolute Gasteiger partial charge is 0.154 e. The Morgan fingerprint density at radius 3 is 2.57 bits per heavy atom.